The van der Waals surface area contributed by atoms with Gasteiger partial charge in [0, 0.05) is 10.6 Å². The molecule has 0 saturated heterocycles. The number of halogens is 1. The van der Waals surface area contributed by atoms with Crippen LogP contribution in [0.2, 0.25) is 0 Å². The van der Waals surface area contributed by atoms with Crippen LogP contribution in [0.25, 0.3) is 0 Å². The Kier molecular flexibility index (Phi) is 4.36. The number of esters is 1. The number of hydrogen-bond donors (Lipinski definition) is 1. The summed E-state index contributed by atoms with van der Waals surface area (Å²) in [6.07, 6.45) is 0. The number of amides is 2. The molecule has 2 heterocycles. The highest BCUT2D eigenvalue weighted by Gasteiger charge is 2.38. The van der Waals surface area contributed by atoms with Crippen molar-refractivity contribution in [3.8, 4) is 0 Å². The fraction of sp³-hybridized carbons (Fsp3) is 0.417. The van der Waals surface area contributed by atoms with Gasteiger partial charge in [0.15, 0.2) is 0 Å². The Labute approximate surface area is 123 Å². The molecule has 0 fully saturated rings. The van der Waals surface area contributed by atoms with Crippen molar-refractivity contribution in [2.45, 2.75) is 19.9 Å². The van der Waals surface area contributed by atoms with Gasteiger partial charge in [-0.05, 0) is 41.9 Å². The summed E-state index contributed by atoms with van der Waals surface area (Å²) in [5, 5.41) is 2.73. The van der Waals surface area contributed by atoms with Gasteiger partial charge in [-0.15, -0.1) is 11.3 Å². The normalized spacial score (nSPS) is 22.7. The second kappa shape index (κ2) is 5.83. The van der Waals surface area contributed by atoms with Gasteiger partial charge in [-0.3, -0.25) is 4.79 Å². The summed E-state index contributed by atoms with van der Waals surface area (Å²) in [5.41, 5.74) is 0.483. The van der Waals surface area contributed by atoms with Crippen LogP contribution in [-0.2, 0) is 9.53 Å². The highest BCUT2D eigenvalue weighted by molar-refractivity contribution is 9.11. The fourth-order valence-corrected chi connectivity index (χ4v) is 3.50. The predicted octanol–water partition coefficient (Wildman–Crippen LogP) is 2.92. The smallest absolute Gasteiger partial charge is 0.341 e. The molecule has 7 heteroatoms. The van der Waals surface area contributed by atoms with Crippen LogP contribution in [0.4, 0.5) is 4.79 Å². The van der Waals surface area contributed by atoms with E-state index in [9.17, 15) is 9.59 Å². The van der Waals surface area contributed by atoms with Crippen molar-refractivity contribution in [3.05, 3.63) is 20.8 Å². The van der Waals surface area contributed by atoms with Gasteiger partial charge < -0.3 is 10.1 Å². The zero-order valence-electron chi connectivity index (χ0n) is 10.5. The molecular weight excluding hydrogens is 332 g/mol. The summed E-state index contributed by atoms with van der Waals surface area (Å²) in [7, 11) is 0. The summed E-state index contributed by atoms with van der Waals surface area (Å²) >= 11 is 4.85. The minimum atomic E-state index is -0.566. The molecule has 102 valence electrons. The zero-order valence-corrected chi connectivity index (χ0v) is 12.9. The lowest BCUT2D eigenvalue weighted by atomic mass is 9.92. The van der Waals surface area contributed by atoms with E-state index in [1.165, 1.54) is 11.3 Å². The van der Waals surface area contributed by atoms with Crippen LogP contribution in [0.15, 0.2) is 20.9 Å². The molecule has 0 bridgehead atoms. The van der Waals surface area contributed by atoms with Crippen LogP contribution in [-0.4, -0.2) is 24.3 Å². The van der Waals surface area contributed by atoms with Crippen LogP contribution in [0, 0.1) is 5.92 Å². The summed E-state index contributed by atoms with van der Waals surface area (Å²) in [5.74, 6) is -0.929. The number of aliphatic imine (C=N–C) groups is 1. The molecule has 19 heavy (non-hydrogen) atoms. The highest BCUT2D eigenvalue weighted by Crippen LogP contribution is 2.34. The summed E-state index contributed by atoms with van der Waals surface area (Å²) in [6.45, 7) is 3.73. The zero-order chi connectivity index (χ0) is 14.0. The predicted molar refractivity (Wildman–Crippen MR) is 76.5 cm³/mol. The molecule has 1 aromatic heterocycles. The van der Waals surface area contributed by atoms with E-state index in [4.69, 9.17) is 4.74 Å². The molecule has 1 aliphatic rings. The minimum absolute atomic E-state index is 0.303. The van der Waals surface area contributed by atoms with E-state index in [0.717, 1.165) is 8.66 Å². The summed E-state index contributed by atoms with van der Waals surface area (Å²) in [4.78, 5) is 28.3. The van der Waals surface area contributed by atoms with Crippen molar-refractivity contribution >= 4 is 45.0 Å². The molecule has 1 aromatic rings. The molecular formula is C12H13BrN2O3S. The second-order valence-corrected chi connectivity index (χ2v) is 6.55. The van der Waals surface area contributed by atoms with Crippen molar-refractivity contribution in [1.82, 2.24) is 5.32 Å². The van der Waals surface area contributed by atoms with Crippen LogP contribution in [0.5, 0.6) is 0 Å². The maximum Gasteiger partial charge on any atom is 0.341 e. The number of ether oxygens (including phenoxy) is 1. The number of carbonyl (C=O) groups is 2. The third kappa shape index (κ3) is 3.03. The molecule has 0 spiro atoms. The lowest BCUT2D eigenvalue weighted by molar-refractivity contribution is -0.146. The van der Waals surface area contributed by atoms with Gasteiger partial charge in [0.1, 0.15) is 5.92 Å². The van der Waals surface area contributed by atoms with Crippen LogP contribution in [0.1, 0.15) is 24.8 Å². The topological polar surface area (TPSA) is 67.8 Å². The standard InChI is InChI=1S/C12H13BrN2O3S/c1-3-18-11(16)9-6(2)14-12(17)15-10(9)7-4-5-8(13)19-7/h4-5,9-10H,3H2,1-2H3,(H,15,17). The summed E-state index contributed by atoms with van der Waals surface area (Å²) in [6, 6.07) is 2.92. The van der Waals surface area contributed by atoms with Gasteiger partial charge in [0.05, 0.1) is 16.4 Å². The molecule has 0 aromatic carbocycles. The Morgan fingerprint density at radius 3 is 2.89 bits per heavy atom. The van der Waals surface area contributed by atoms with Gasteiger partial charge in [0.25, 0.3) is 0 Å². The van der Waals surface area contributed by atoms with Crippen molar-refractivity contribution in [2.24, 2.45) is 10.9 Å². The van der Waals surface area contributed by atoms with E-state index in [0.29, 0.717) is 12.3 Å². The molecule has 1 aliphatic heterocycles. The molecule has 0 saturated carbocycles. The van der Waals surface area contributed by atoms with Gasteiger partial charge in [0.2, 0.25) is 0 Å². The van der Waals surface area contributed by atoms with E-state index in [-0.39, 0.29) is 5.97 Å². The number of urea groups is 1. The highest BCUT2D eigenvalue weighted by atomic mass is 79.9. The number of rotatable bonds is 3. The van der Waals surface area contributed by atoms with Gasteiger partial charge in [-0.25, -0.2) is 9.79 Å². The third-order valence-electron chi connectivity index (χ3n) is 2.78. The largest absolute Gasteiger partial charge is 0.465 e. The van der Waals surface area contributed by atoms with E-state index in [1.807, 2.05) is 12.1 Å². The second-order valence-electron chi connectivity index (χ2n) is 4.05. The summed E-state index contributed by atoms with van der Waals surface area (Å²) < 4.78 is 6.01. The van der Waals surface area contributed by atoms with Crippen LogP contribution >= 0.6 is 27.3 Å². The first-order valence-electron chi connectivity index (χ1n) is 5.80. The van der Waals surface area contributed by atoms with Gasteiger partial charge in [-0.2, -0.15) is 0 Å². The van der Waals surface area contributed by atoms with Gasteiger partial charge in [-0.1, -0.05) is 0 Å². The van der Waals surface area contributed by atoms with Crippen molar-refractivity contribution in [3.63, 3.8) is 0 Å². The average Bonchev–Trinajstić information content (AvgIpc) is 2.75. The maximum absolute atomic E-state index is 12.0. The maximum atomic E-state index is 12.0. The van der Waals surface area contributed by atoms with Crippen molar-refractivity contribution in [1.29, 1.82) is 0 Å². The Hall–Kier alpha value is -1.21. The van der Waals surface area contributed by atoms with Crippen molar-refractivity contribution < 1.29 is 14.3 Å². The van der Waals surface area contributed by atoms with E-state index in [2.05, 4.69) is 26.2 Å². The Morgan fingerprint density at radius 1 is 1.58 bits per heavy atom. The van der Waals surface area contributed by atoms with E-state index in [1.54, 1.807) is 13.8 Å². The molecule has 0 radical (unpaired) electrons. The molecule has 0 aliphatic carbocycles. The number of nitrogens with zero attached hydrogens (tertiary/aromatic N) is 1. The minimum Gasteiger partial charge on any atom is -0.465 e. The van der Waals surface area contributed by atoms with E-state index >= 15 is 0 Å². The molecule has 2 amide bonds. The van der Waals surface area contributed by atoms with Crippen molar-refractivity contribution in [2.75, 3.05) is 6.61 Å². The quantitative estimate of drug-likeness (QED) is 0.857. The SMILES string of the molecule is CCOC(=O)C1C(C)=NC(=O)NC1c1ccc(Br)s1. The lowest BCUT2D eigenvalue weighted by Crippen LogP contribution is -2.44. The first-order chi connectivity index (χ1) is 9.02. The average molecular weight is 345 g/mol. The molecule has 1 N–H and O–H groups in total. The molecule has 5 nitrogen and oxygen atoms in total. The van der Waals surface area contributed by atoms with E-state index < -0.39 is 18.0 Å². The fourth-order valence-electron chi connectivity index (χ4n) is 1.99. The number of thiophene rings is 1. The Balaban J connectivity index is 2.35. The number of carbonyl (C=O) groups excluding carboxylic acids is 2. The monoisotopic (exact) mass is 344 g/mol. The first-order valence-corrected chi connectivity index (χ1v) is 7.41. The number of hydrogen-bond acceptors (Lipinski definition) is 4. The lowest BCUT2D eigenvalue weighted by Gasteiger charge is -2.28. The molecule has 2 rings (SSSR count). The van der Waals surface area contributed by atoms with Crippen LogP contribution < -0.4 is 5.32 Å². The molecule has 2 unspecified atom stereocenters. The van der Waals surface area contributed by atoms with Crippen LogP contribution in [0.3, 0.4) is 0 Å². The Bertz CT molecular complexity index is 541. The number of nitrogens with one attached hydrogen (secondary N) is 1. The van der Waals surface area contributed by atoms with Gasteiger partial charge >= 0.3 is 12.0 Å². The third-order valence-corrected chi connectivity index (χ3v) is 4.49. The first kappa shape index (κ1) is 14.2. The molecule has 2 atom stereocenters. The Morgan fingerprint density at radius 2 is 2.32 bits per heavy atom.